The molecule has 1 heterocycles. The van der Waals surface area contributed by atoms with Crippen molar-refractivity contribution in [3.05, 3.63) is 23.6 Å². The van der Waals surface area contributed by atoms with Crippen molar-refractivity contribution in [3.63, 3.8) is 0 Å². The van der Waals surface area contributed by atoms with Gasteiger partial charge in [-0.2, -0.15) is 0 Å². The maximum absolute atomic E-state index is 14.4. The standard InChI is InChI=1S/C14H22FN3/c1-3-4-9-18(12-5-6-12)14-13(15)11(10-16-2)7-8-17-14/h7-8,12,16H,3-6,9-10H2,1-2H3. The largest absolute Gasteiger partial charge is 0.351 e. The Kier molecular flexibility index (Phi) is 4.53. The molecule has 0 bridgehead atoms. The van der Waals surface area contributed by atoms with Crippen molar-refractivity contribution >= 4 is 5.82 Å². The topological polar surface area (TPSA) is 28.2 Å². The summed E-state index contributed by atoms with van der Waals surface area (Å²) in [7, 11) is 1.83. The zero-order valence-corrected chi connectivity index (χ0v) is 11.2. The highest BCUT2D eigenvalue weighted by molar-refractivity contribution is 5.45. The zero-order chi connectivity index (χ0) is 13.0. The Labute approximate surface area is 108 Å². The molecule has 1 aromatic heterocycles. The third kappa shape index (κ3) is 2.99. The number of hydrogen-bond donors (Lipinski definition) is 1. The monoisotopic (exact) mass is 251 g/mol. The molecule has 100 valence electrons. The van der Waals surface area contributed by atoms with Gasteiger partial charge in [0.05, 0.1) is 0 Å². The summed E-state index contributed by atoms with van der Waals surface area (Å²) in [4.78, 5) is 6.41. The molecule has 0 unspecified atom stereocenters. The second kappa shape index (κ2) is 6.14. The van der Waals surface area contributed by atoms with E-state index < -0.39 is 0 Å². The lowest BCUT2D eigenvalue weighted by molar-refractivity contribution is 0.579. The van der Waals surface area contributed by atoms with E-state index in [0.717, 1.165) is 19.4 Å². The fourth-order valence-electron chi connectivity index (χ4n) is 2.17. The van der Waals surface area contributed by atoms with E-state index in [1.807, 2.05) is 7.05 Å². The molecule has 18 heavy (non-hydrogen) atoms. The van der Waals surface area contributed by atoms with Crippen molar-refractivity contribution in [2.24, 2.45) is 0 Å². The third-order valence-electron chi connectivity index (χ3n) is 3.33. The fraction of sp³-hybridized carbons (Fsp3) is 0.643. The number of nitrogens with one attached hydrogen (secondary N) is 1. The van der Waals surface area contributed by atoms with Crippen molar-refractivity contribution < 1.29 is 4.39 Å². The zero-order valence-electron chi connectivity index (χ0n) is 11.2. The lowest BCUT2D eigenvalue weighted by atomic mass is 10.2. The first-order valence-corrected chi connectivity index (χ1v) is 6.82. The Morgan fingerprint density at radius 2 is 2.28 bits per heavy atom. The van der Waals surface area contributed by atoms with Crippen molar-refractivity contribution in [1.29, 1.82) is 0 Å². The van der Waals surface area contributed by atoms with Gasteiger partial charge in [0, 0.05) is 30.9 Å². The molecule has 3 nitrogen and oxygen atoms in total. The van der Waals surface area contributed by atoms with Crippen LogP contribution in [0.5, 0.6) is 0 Å². The molecule has 1 N–H and O–H groups in total. The summed E-state index contributed by atoms with van der Waals surface area (Å²) >= 11 is 0. The normalized spacial score (nSPS) is 14.8. The van der Waals surface area contributed by atoms with Crippen LogP contribution in [0.4, 0.5) is 10.2 Å². The molecule has 4 heteroatoms. The van der Waals surface area contributed by atoms with E-state index in [-0.39, 0.29) is 5.82 Å². The molecule has 1 aliphatic rings. The van der Waals surface area contributed by atoms with Crippen LogP contribution in [0.15, 0.2) is 12.3 Å². The number of rotatable bonds is 7. The van der Waals surface area contributed by atoms with E-state index in [1.165, 1.54) is 12.8 Å². The summed E-state index contributed by atoms with van der Waals surface area (Å²) in [6.07, 6.45) is 6.27. The molecular formula is C14H22FN3. The summed E-state index contributed by atoms with van der Waals surface area (Å²) in [5.74, 6) is 0.383. The van der Waals surface area contributed by atoms with E-state index in [4.69, 9.17) is 0 Å². The first kappa shape index (κ1) is 13.3. The van der Waals surface area contributed by atoms with Gasteiger partial charge in [-0.05, 0) is 32.4 Å². The maximum Gasteiger partial charge on any atom is 0.170 e. The Hall–Kier alpha value is -1.16. The lowest BCUT2D eigenvalue weighted by Gasteiger charge is -2.24. The molecule has 0 amide bonds. The molecule has 0 aromatic carbocycles. The third-order valence-corrected chi connectivity index (χ3v) is 3.33. The Morgan fingerprint density at radius 1 is 1.50 bits per heavy atom. The summed E-state index contributed by atoms with van der Waals surface area (Å²) in [5, 5.41) is 2.99. The molecule has 1 saturated carbocycles. The van der Waals surface area contributed by atoms with Gasteiger partial charge in [0.15, 0.2) is 11.6 Å². The first-order valence-electron chi connectivity index (χ1n) is 6.82. The molecule has 0 atom stereocenters. The molecule has 0 spiro atoms. The number of hydrogen-bond acceptors (Lipinski definition) is 3. The maximum atomic E-state index is 14.4. The molecule has 0 radical (unpaired) electrons. The summed E-state index contributed by atoms with van der Waals surface area (Å²) in [5.41, 5.74) is 0.699. The molecule has 1 fully saturated rings. The van der Waals surface area contributed by atoms with Crippen LogP contribution in [-0.2, 0) is 6.54 Å². The van der Waals surface area contributed by atoms with Gasteiger partial charge in [-0.3, -0.25) is 0 Å². The smallest absolute Gasteiger partial charge is 0.170 e. The molecule has 1 aromatic rings. The van der Waals surface area contributed by atoms with Crippen LogP contribution >= 0.6 is 0 Å². The van der Waals surface area contributed by atoms with Gasteiger partial charge in [0.25, 0.3) is 0 Å². The second-order valence-electron chi connectivity index (χ2n) is 4.92. The Morgan fingerprint density at radius 3 is 2.89 bits per heavy atom. The molecule has 1 aliphatic carbocycles. The van der Waals surface area contributed by atoms with E-state index >= 15 is 0 Å². The van der Waals surface area contributed by atoms with E-state index in [1.54, 1.807) is 12.3 Å². The van der Waals surface area contributed by atoms with Gasteiger partial charge in [-0.25, -0.2) is 9.37 Å². The summed E-state index contributed by atoms with van der Waals surface area (Å²) in [6, 6.07) is 2.25. The van der Waals surface area contributed by atoms with Crippen molar-refractivity contribution in [2.45, 2.75) is 45.2 Å². The van der Waals surface area contributed by atoms with E-state index in [9.17, 15) is 4.39 Å². The number of unbranched alkanes of at least 4 members (excludes halogenated alkanes) is 1. The van der Waals surface area contributed by atoms with Crippen LogP contribution in [0.25, 0.3) is 0 Å². The van der Waals surface area contributed by atoms with E-state index in [0.29, 0.717) is 24.0 Å². The summed E-state index contributed by atoms with van der Waals surface area (Å²) < 4.78 is 14.4. The predicted molar refractivity (Wildman–Crippen MR) is 72.2 cm³/mol. The number of aromatic nitrogens is 1. The molecule has 0 aliphatic heterocycles. The quantitative estimate of drug-likeness (QED) is 0.807. The number of anilines is 1. The molecular weight excluding hydrogens is 229 g/mol. The van der Waals surface area contributed by atoms with Crippen molar-refractivity contribution in [2.75, 3.05) is 18.5 Å². The van der Waals surface area contributed by atoms with Gasteiger partial charge in [0.1, 0.15) is 0 Å². The Balaban J connectivity index is 2.20. The van der Waals surface area contributed by atoms with Crippen molar-refractivity contribution in [3.8, 4) is 0 Å². The molecule has 0 saturated heterocycles. The highest BCUT2D eigenvalue weighted by atomic mass is 19.1. The minimum atomic E-state index is -0.158. The predicted octanol–water partition coefficient (Wildman–Crippen LogP) is 2.71. The average molecular weight is 251 g/mol. The van der Waals surface area contributed by atoms with Crippen LogP contribution in [0.2, 0.25) is 0 Å². The van der Waals surface area contributed by atoms with Crippen molar-refractivity contribution in [1.82, 2.24) is 10.3 Å². The van der Waals surface area contributed by atoms with Crippen LogP contribution in [-0.4, -0.2) is 24.6 Å². The number of halogens is 1. The number of pyridine rings is 1. The summed E-state index contributed by atoms with van der Waals surface area (Å²) in [6.45, 7) is 3.62. The minimum absolute atomic E-state index is 0.158. The minimum Gasteiger partial charge on any atom is -0.351 e. The van der Waals surface area contributed by atoms with Gasteiger partial charge < -0.3 is 10.2 Å². The lowest BCUT2D eigenvalue weighted by Crippen LogP contribution is -2.29. The van der Waals surface area contributed by atoms with Gasteiger partial charge in [-0.1, -0.05) is 13.3 Å². The van der Waals surface area contributed by atoms with Crippen LogP contribution in [0, 0.1) is 5.82 Å². The Bertz CT molecular complexity index is 391. The SMILES string of the molecule is CCCCN(c1nccc(CNC)c1F)C1CC1. The highest BCUT2D eigenvalue weighted by Gasteiger charge is 2.31. The van der Waals surface area contributed by atoms with E-state index in [2.05, 4.69) is 22.1 Å². The van der Waals surface area contributed by atoms with Gasteiger partial charge in [-0.15, -0.1) is 0 Å². The van der Waals surface area contributed by atoms with Crippen LogP contribution in [0.3, 0.4) is 0 Å². The molecule has 2 rings (SSSR count). The average Bonchev–Trinajstić information content (AvgIpc) is 3.19. The first-order chi connectivity index (χ1) is 8.77. The fourth-order valence-corrected chi connectivity index (χ4v) is 2.17. The van der Waals surface area contributed by atoms with Crippen LogP contribution < -0.4 is 10.2 Å². The number of nitrogens with zero attached hydrogens (tertiary/aromatic N) is 2. The van der Waals surface area contributed by atoms with Gasteiger partial charge >= 0.3 is 0 Å². The second-order valence-corrected chi connectivity index (χ2v) is 4.92. The van der Waals surface area contributed by atoms with Crippen LogP contribution in [0.1, 0.15) is 38.2 Å². The highest BCUT2D eigenvalue weighted by Crippen LogP contribution is 2.32. The van der Waals surface area contributed by atoms with Gasteiger partial charge in [0.2, 0.25) is 0 Å².